The van der Waals surface area contributed by atoms with Crippen LogP contribution in [-0.2, 0) is 4.74 Å². The average Bonchev–Trinajstić information content (AvgIpc) is 3.45. The van der Waals surface area contributed by atoms with E-state index in [4.69, 9.17) is 23.7 Å². The summed E-state index contributed by atoms with van der Waals surface area (Å²) in [6.07, 6.45) is 5.33. The van der Waals surface area contributed by atoms with Crippen LogP contribution in [0, 0.1) is 19.7 Å². The Morgan fingerprint density at radius 1 is 1.16 bits per heavy atom. The van der Waals surface area contributed by atoms with Gasteiger partial charge in [-0.1, -0.05) is 5.16 Å². The summed E-state index contributed by atoms with van der Waals surface area (Å²) in [4.78, 5) is 16.7. The summed E-state index contributed by atoms with van der Waals surface area (Å²) in [7, 11) is 0. The lowest BCUT2D eigenvalue weighted by molar-refractivity contribution is 0.0689. The highest BCUT2D eigenvalue weighted by Crippen LogP contribution is 2.47. The minimum Gasteiger partial charge on any atom is -0.493 e. The Labute approximate surface area is 219 Å². The number of pyridine rings is 1. The molecule has 0 unspecified atom stereocenters. The minimum atomic E-state index is -1.40. The molecule has 200 valence electrons. The van der Waals surface area contributed by atoms with Crippen molar-refractivity contribution in [1.29, 1.82) is 0 Å². The fourth-order valence-electron chi connectivity index (χ4n) is 5.17. The van der Waals surface area contributed by atoms with Gasteiger partial charge in [-0.3, -0.25) is 0 Å². The van der Waals surface area contributed by atoms with Crippen LogP contribution >= 0.6 is 0 Å². The van der Waals surface area contributed by atoms with Crippen molar-refractivity contribution < 1.29 is 33.0 Å². The summed E-state index contributed by atoms with van der Waals surface area (Å²) >= 11 is 0. The summed E-state index contributed by atoms with van der Waals surface area (Å²) in [5, 5.41) is 14.5. The van der Waals surface area contributed by atoms with Crippen LogP contribution in [-0.4, -0.2) is 52.2 Å². The van der Waals surface area contributed by atoms with Gasteiger partial charge >= 0.3 is 5.97 Å². The number of carboxylic acid groups (broad SMARTS) is 1. The van der Waals surface area contributed by atoms with Crippen molar-refractivity contribution in [3.8, 4) is 33.8 Å². The third-order valence-corrected chi connectivity index (χ3v) is 6.85. The highest BCUT2D eigenvalue weighted by Gasteiger charge is 2.29. The maximum absolute atomic E-state index is 15.6. The van der Waals surface area contributed by atoms with Crippen LogP contribution in [0.3, 0.4) is 0 Å². The number of ether oxygens (including phenoxy) is 3. The first-order valence-corrected chi connectivity index (χ1v) is 12.7. The van der Waals surface area contributed by atoms with Crippen molar-refractivity contribution in [1.82, 2.24) is 14.7 Å². The Hall–Kier alpha value is -3.92. The molecule has 1 N–H and O–H groups in total. The monoisotopic (exact) mass is 523 g/mol. The second kappa shape index (κ2) is 10.4. The van der Waals surface area contributed by atoms with Crippen LogP contribution in [0.4, 0.5) is 4.39 Å². The molecule has 4 aromatic rings. The second-order valence-electron chi connectivity index (χ2n) is 9.20. The van der Waals surface area contributed by atoms with Crippen LogP contribution < -0.4 is 9.47 Å². The van der Waals surface area contributed by atoms with Gasteiger partial charge in [-0.15, -0.1) is 0 Å². The lowest BCUT2D eigenvalue weighted by Gasteiger charge is -2.24. The number of aryl methyl sites for hydroxylation is 2. The third-order valence-electron chi connectivity index (χ3n) is 6.85. The van der Waals surface area contributed by atoms with Crippen molar-refractivity contribution in [2.45, 2.75) is 46.6 Å². The van der Waals surface area contributed by atoms with Crippen molar-refractivity contribution in [2.75, 3.05) is 26.4 Å². The number of hydrogen-bond acceptors (Lipinski definition) is 7. The molecule has 0 radical (unpaired) electrons. The van der Waals surface area contributed by atoms with Crippen LogP contribution in [0.25, 0.3) is 33.3 Å². The largest absolute Gasteiger partial charge is 0.493 e. The molecule has 38 heavy (non-hydrogen) atoms. The third kappa shape index (κ3) is 4.38. The quantitative estimate of drug-likeness (QED) is 0.301. The van der Waals surface area contributed by atoms with Gasteiger partial charge in [0.2, 0.25) is 0 Å². The summed E-state index contributed by atoms with van der Waals surface area (Å²) in [5.41, 5.74) is 3.57. The molecule has 0 bridgehead atoms. The van der Waals surface area contributed by atoms with Crippen molar-refractivity contribution in [3.63, 3.8) is 0 Å². The number of carboxylic acids is 1. The van der Waals surface area contributed by atoms with E-state index >= 15 is 4.39 Å². The smallest absolute Gasteiger partial charge is 0.338 e. The van der Waals surface area contributed by atoms with Gasteiger partial charge in [0.1, 0.15) is 22.7 Å². The van der Waals surface area contributed by atoms with Crippen molar-refractivity contribution >= 4 is 17.0 Å². The summed E-state index contributed by atoms with van der Waals surface area (Å²) < 4.78 is 40.3. The van der Waals surface area contributed by atoms with E-state index in [1.165, 1.54) is 6.07 Å². The predicted molar refractivity (Wildman–Crippen MR) is 138 cm³/mol. The van der Waals surface area contributed by atoms with Crippen molar-refractivity contribution in [3.05, 3.63) is 47.4 Å². The summed E-state index contributed by atoms with van der Waals surface area (Å²) in [6, 6.07) is 3.34. The number of fused-ring (bicyclic) bond motifs is 1. The lowest BCUT2D eigenvalue weighted by atomic mass is 9.98. The van der Waals surface area contributed by atoms with Gasteiger partial charge < -0.3 is 28.4 Å². The molecule has 0 atom stereocenters. The molecule has 1 fully saturated rings. The second-order valence-corrected chi connectivity index (χ2v) is 9.20. The zero-order valence-corrected chi connectivity index (χ0v) is 21.8. The SMILES string of the molecule is CCOc1cc(C(=O)O)c(F)c(OCC)c1-c1cn(C2CCOCC2)c2ncc(-c3c(C)noc3C)cc12. The topological polar surface area (TPSA) is 109 Å². The molecular weight excluding hydrogens is 493 g/mol. The lowest BCUT2D eigenvalue weighted by Crippen LogP contribution is -2.19. The van der Waals surface area contributed by atoms with Crippen LogP contribution in [0.1, 0.15) is 54.5 Å². The highest BCUT2D eigenvalue weighted by atomic mass is 19.1. The first-order valence-electron chi connectivity index (χ1n) is 12.7. The summed E-state index contributed by atoms with van der Waals surface area (Å²) in [6.45, 7) is 8.87. The standard InChI is InChI=1S/C28H30FN3O6/c1-5-36-22-12-20(28(33)34)25(29)26(37-6-2)24(22)21-14-32(18-7-9-35-10-8-18)27-19(21)11-17(13-30-27)23-15(3)31-38-16(23)4/h11-14,18H,5-10H2,1-4H3,(H,33,34). The van der Waals surface area contributed by atoms with E-state index in [0.29, 0.717) is 30.1 Å². The predicted octanol–water partition coefficient (Wildman–Crippen LogP) is 5.96. The normalized spacial score (nSPS) is 14.2. The number of benzene rings is 1. The van der Waals surface area contributed by atoms with Gasteiger partial charge in [0, 0.05) is 53.7 Å². The van der Waals surface area contributed by atoms with Crippen LogP contribution in [0.2, 0.25) is 0 Å². The zero-order chi connectivity index (χ0) is 27.0. The number of aromatic nitrogens is 3. The molecule has 4 heterocycles. The molecule has 3 aromatic heterocycles. The molecule has 9 nitrogen and oxygen atoms in total. The van der Waals surface area contributed by atoms with Crippen LogP contribution in [0.15, 0.2) is 29.0 Å². The van der Waals surface area contributed by atoms with E-state index in [1.54, 1.807) is 20.0 Å². The Kier molecular flexibility index (Phi) is 7.07. The number of halogens is 1. The van der Waals surface area contributed by atoms with E-state index in [2.05, 4.69) is 9.72 Å². The molecule has 0 amide bonds. The summed E-state index contributed by atoms with van der Waals surface area (Å²) in [5.74, 6) is -1.62. The maximum atomic E-state index is 15.6. The van der Waals surface area contributed by atoms with E-state index in [9.17, 15) is 9.90 Å². The first kappa shape index (κ1) is 25.7. The van der Waals surface area contributed by atoms with Gasteiger partial charge in [0.25, 0.3) is 0 Å². The van der Waals surface area contributed by atoms with Gasteiger partial charge in [-0.05, 0) is 52.7 Å². The Balaban J connectivity index is 1.84. The van der Waals surface area contributed by atoms with Gasteiger partial charge in [-0.25, -0.2) is 14.2 Å². The number of aromatic carboxylic acids is 1. The molecule has 1 aromatic carbocycles. The molecule has 1 aliphatic heterocycles. The zero-order valence-electron chi connectivity index (χ0n) is 21.8. The van der Waals surface area contributed by atoms with E-state index in [0.717, 1.165) is 40.7 Å². The molecule has 1 aliphatic rings. The first-order chi connectivity index (χ1) is 18.3. The van der Waals surface area contributed by atoms with Crippen LogP contribution in [0.5, 0.6) is 11.5 Å². The fourth-order valence-corrected chi connectivity index (χ4v) is 5.17. The fraction of sp³-hybridized carbons (Fsp3) is 0.393. The Morgan fingerprint density at radius 2 is 1.89 bits per heavy atom. The van der Waals surface area contributed by atoms with E-state index in [-0.39, 0.29) is 30.8 Å². The Morgan fingerprint density at radius 3 is 2.53 bits per heavy atom. The highest BCUT2D eigenvalue weighted by molar-refractivity contribution is 6.01. The minimum absolute atomic E-state index is 0.131. The molecule has 0 aliphatic carbocycles. The molecule has 1 saturated heterocycles. The number of carbonyl (C=O) groups is 1. The molecule has 5 rings (SSSR count). The number of nitrogens with zero attached hydrogens (tertiary/aromatic N) is 3. The Bertz CT molecular complexity index is 1480. The number of hydrogen-bond donors (Lipinski definition) is 1. The number of rotatable bonds is 8. The van der Waals surface area contributed by atoms with Gasteiger partial charge in [-0.2, -0.15) is 0 Å². The molecule has 0 spiro atoms. The van der Waals surface area contributed by atoms with Gasteiger partial charge in [0.15, 0.2) is 11.6 Å². The molecular formula is C28H30FN3O6. The maximum Gasteiger partial charge on any atom is 0.338 e. The van der Waals surface area contributed by atoms with E-state index < -0.39 is 17.3 Å². The van der Waals surface area contributed by atoms with Crippen molar-refractivity contribution in [2.24, 2.45) is 0 Å². The van der Waals surface area contributed by atoms with E-state index in [1.807, 2.05) is 26.1 Å². The average molecular weight is 524 g/mol. The molecule has 0 saturated carbocycles. The molecule has 10 heteroatoms. The van der Waals surface area contributed by atoms with Gasteiger partial charge in [0.05, 0.1) is 24.5 Å².